The molecule has 0 saturated heterocycles. The maximum atomic E-state index is 13.5. The van der Waals surface area contributed by atoms with Crippen LogP contribution in [-0.2, 0) is 20.9 Å². The zero-order valence-corrected chi connectivity index (χ0v) is 24.1. The molecule has 3 amide bonds. The van der Waals surface area contributed by atoms with Gasteiger partial charge < -0.3 is 36.5 Å². The molecule has 0 bridgehead atoms. The molecule has 1 heterocycles. The molecule has 3 rings (SSSR count). The van der Waals surface area contributed by atoms with Crippen molar-refractivity contribution in [1.29, 1.82) is 0 Å². The normalized spacial score (nSPS) is 15.6. The number of amides is 3. The van der Waals surface area contributed by atoms with Crippen LogP contribution in [0, 0.1) is 0 Å². The highest BCUT2D eigenvalue weighted by Gasteiger charge is 2.33. The second-order valence-electron chi connectivity index (χ2n) is 10.9. The van der Waals surface area contributed by atoms with Gasteiger partial charge >= 0.3 is 6.09 Å². The molecule has 9 N–H and O–H groups in total. The topological polar surface area (TPSA) is 211 Å². The SMILES string of the molecule is CC(C)NC1NC=C(c2cc(O)cc(NC(=O)OC(C)(C)C)c2)N(CC(=O)NCc2ccc(/C(N)=N/O)c(O)c2)C1=O. The maximum absolute atomic E-state index is 13.5. The minimum atomic E-state index is -0.818. The number of rotatable bonds is 9. The van der Waals surface area contributed by atoms with Crippen molar-refractivity contribution in [3.8, 4) is 11.5 Å². The first-order valence-corrected chi connectivity index (χ1v) is 13.1. The van der Waals surface area contributed by atoms with Crippen molar-refractivity contribution < 1.29 is 34.5 Å². The third kappa shape index (κ3) is 8.51. The predicted octanol–water partition coefficient (Wildman–Crippen LogP) is 1.91. The van der Waals surface area contributed by atoms with E-state index in [1.807, 2.05) is 13.8 Å². The Kier molecular flexibility index (Phi) is 9.86. The van der Waals surface area contributed by atoms with Crippen LogP contribution in [0.3, 0.4) is 0 Å². The van der Waals surface area contributed by atoms with Gasteiger partial charge in [0.2, 0.25) is 5.91 Å². The van der Waals surface area contributed by atoms with Crippen molar-refractivity contribution in [2.45, 2.75) is 59.0 Å². The van der Waals surface area contributed by atoms with E-state index in [4.69, 9.17) is 15.7 Å². The lowest BCUT2D eigenvalue weighted by molar-refractivity contribution is -0.135. The summed E-state index contributed by atoms with van der Waals surface area (Å²) >= 11 is 0. The Hall–Kier alpha value is -4.98. The Bertz CT molecular complexity index is 1400. The molecule has 14 heteroatoms. The third-order valence-electron chi connectivity index (χ3n) is 5.79. The average molecular weight is 584 g/mol. The van der Waals surface area contributed by atoms with Crippen molar-refractivity contribution in [3.63, 3.8) is 0 Å². The number of carbonyl (C=O) groups excluding carboxylic acids is 3. The number of hydrogen-bond acceptors (Lipinski definition) is 10. The van der Waals surface area contributed by atoms with Gasteiger partial charge in [0.15, 0.2) is 12.0 Å². The summed E-state index contributed by atoms with van der Waals surface area (Å²) in [6.07, 6.45) is 0.0000282. The van der Waals surface area contributed by atoms with Crippen LogP contribution in [0.15, 0.2) is 47.8 Å². The summed E-state index contributed by atoms with van der Waals surface area (Å²) in [5, 5.41) is 43.6. The van der Waals surface area contributed by atoms with Crippen LogP contribution in [0.5, 0.6) is 11.5 Å². The van der Waals surface area contributed by atoms with Gasteiger partial charge in [-0.1, -0.05) is 11.2 Å². The number of nitrogens with zero attached hydrogens (tertiary/aromatic N) is 2. The Balaban J connectivity index is 1.83. The Morgan fingerprint density at radius 1 is 1.17 bits per heavy atom. The van der Waals surface area contributed by atoms with Gasteiger partial charge in [-0.15, -0.1) is 0 Å². The van der Waals surface area contributed by atoms with Crippen LogP contribution in [0.25, 0.3) is 5.70 Å². The molecule has 0 spiro atoms. The standard InChI is InChI=1S/C28H37N7O7/c1-15(2)32-25-26(39)35(14-23(38)30-12-16-6-7-20(22(37)8-16)24(29)34-41)21(13-31-25)17-9-18(11-19(36)10-17)33-27(40)42-28(3,4)5/h6-11,13,15,25,31-32,36-37,41H,12,14H2,1-5H3,(H2,29,34)(H,30,38)(H,33,40). The van der Waals surface area contributed by atoms with Crippen LogP contribution in [-0.4, -0.2) is 68.4 Å². The van der Waals surface area contributed by atoms with E-state index in [1.165, 1.54) is 35.2 Å². The highest BCUT2D eigenvalue weighted by atomic mass is 16.6. The largest absolute Gasteiger partial charge is 0.508 e. The third-order valence-corrected chi connectivity index (χ3v) is 5.79. The molecule has 0 aromatic heterocycles. The molecule has 1 aliphatic heterocycles. The molecular formula is C28H37N7O7. The predicted molar refractivity (Wildman–Crippen MR) is 155 cm³/mol. The van der Waals surface area contributed by atoms with E-state index in [1.54, 1.807) is 33.0 Å². The van der Waals surface area contributed by atoms with E-state index < -0.39 is 29.7 Å². The Labute approximate surface area is 243 Å². The van der Waals surface area contributed by atoms with Gasteiger partial charge in [0.25, 0.3) is 5.91 Å². The molecule has 2 aromatic rings. The monoisotopic (exact) mass is 583 g/mol. The Morgan fingerprint density at radius 3 is 2.50 bits per heavy atom. The molecule has 1 aliphatic rings. The molecule has 42 heavy (non-hydrogen) atoms. The number of nitrogens with two attached hydrogens (primary N) is 1. The maximum Gasteiger partial charge on any atom is 0.412 e. The number of anilines is 1. The molecule has 0 saturated carbocycles. The first-order valence-electron chi connectivity index (χ1n) is 13.1. The fourth-order valence-electron chi connectivity index (χ4n) is 4.05. The number of aromatic hydroxyl groups is 2. The molecule has 14 nitrogen and oxygen atoms in total. The number of hydrogen-bond donors (Lipinski definition) is 8. The molecule has 1 atom stereocenters. The number of benzene rings is 2. The molecular weight excluding hydrogens is 546 g/mol. The van der Waals surface area contributed by atoms with Gasteiger partial charge in [-0.25, -0.2) is 4.79 Å². The number of phenolic OH excluding ortho intramolecular Hbond substituents is 2. The lowest BCUT2D eigenvalue weighted by Gasteiger charge is -2.35. The average Bonchev–Trinajstić information content (AvgIpc) is 2.87. The quantitative estimate of drug-likeness (QED) is 0.0930. The van der Waals surface area contributed by atoms with Crippen LogP contribution in [0.4, 0.5) is 10.5 Å². The van der Waals surface area contributed by atoms with E-state index >= 15 is 0 Å². The summed E-state index contributed by atoms with van der Waals surface area (Å²) in [5.41, 5.74) is 6.29. The first-order chi connectivity index (χ1) is 19.7. The summed E-state index contributed by atoms with van der Waals surface area (Å²) in [7, 11) is 0. The molecule has 0 fully saturated rings. The van der Waals surface area contributed by atoms with E-state index in [0.717, 1.165) is 0 Å². The van der Waals surface area contributed by atoms with Crippen LogP contribution < -0.4 is 27.0 Å². The lowest BCUT2D eigenvalue weighted by atomic mass is 10.1. The second-order valence-corrected chi connectivity index (χ2v) is 10.9. The van der Waals surface area contributed by atoms with Crippen molar-refractivity contribution in [3.05, 3.63) is 59.3 Å². The molecule has 0 radical (unpaired) electrons. The van der Waals surface area contributed by atoms with Crippen molar-refractivity contribution in [1.82, 2.24) is 20.9 Å². The van der Waals surface area contributed by atoms with Gasteiger partial charge in [-0.05, 0) is 64.4 Å². The highest BCUT2D eigenvalue weighted by molar-refractivity contribution is 5.99. The van der Waals surface area contributed by atoms with Crippen LogP contribution in [0.1, 0.15) is 51.3 Å². The van der Waals surface area contributed by atoms with Crippen molar-refractivity contribution in [2.24, 2.45) is 10.9 Å². The number of amidine groups is 1. The van der Waals surface area contributed by atoms with Crippen LogP contribution >= 0.6 is 0 Å². The minimum Gasteiger partial charge on any atom is -0.508 e. The van der Waals surface area contributed by atoms with E-state index in [0.29, 0.717) is 11.1 Å². The fourth-order valence-corrected chi connectivity index (χ4v) is 4.05. The van der Waals surface area contributed by atoms with Gasteiger partial charge in [0.05, 0.1) is 11.3 Å². The van der Waals surface area contributed by atoms with Gasteiger partial charge in [0.1, 0.15) is 23.6 Å². The number of ether oxygens (including phenoxy) is 1. The summed E-state index contributed by atoms with van der Waals surface area (Å²) in [6.45, 7) is 8.54. The van der Waals surface area contributed by atoms with Crippen molar-refractivity contribution in [2.75, 3.05) is 11.9 Å². The highest BCUT2D eigenvalue weighted by Crippen LogP contribution is 2.29. The number of phenols is 2. The molecule has 0 aliphatic carbocycles. The minimum absolute atomic E-state index is 0.0198. The van der Waals surface area contributed by atoms with Gasteiger partial charge in [-0.3, -0.25) is 25.1 Å². The summed E-state index contributed by atoms with van der Waals surface area (Å²) < 4.78 is 5.28. The van der Waals surface area contributed by atoms with E-state index in [9.17, 15) is 24.6 Å². The fraction of sp³-hybridized carbons (Fsp3) is 0.357. The van der Waals surface area contributed by atoms with Gasteiger partial charge in [-0.2, -0.15) is 0 Å². The zero-order chi connectivity index (χ0) is 31.2. The lowest BCUT2D eigenvalue weighted by Crippen LogP contribution is -2.58. The second kappa shape index (κ2) is 13.1. The summed E-state index contributed by atoms with van der Waals surface area (Å²) in [5.74, 6) is -1.63. The molecule has 226 valence electrons. The van der Waals surface area contributed by atoms with E-state index in [2.05, 4.69) is 26.4 Å². The number of carbonyl (C=O) groups is 3. The summed E-state index contributed by atoms with van der Waals surface area (Å²) in [4.78, 5) is 40.1. The van der Waals surface area contributed by atoms with Crippen molar-refractivity contribution >= 4 is 35.1 Å². The number of nitrogens with one attached hydrogen (secondary N) is 4. The summed E-state index contributed by atoms with van der Waals surface area (Å²) in [6, 6.07) is 8.60. The van der Waals surface area contributed by atoms with E-state index in [-0.39, 0.29) is 53.4 Å². The smallest absolute Gasteiger partial charge is 0.412 e. The van der Waals surface area contributed by atoms with Gasteiger partial charge in [0, 0.05) is 36.1 Å². The first kappa shape index (κ1) is 31.5. The number of oxime groups is 1. The van der Waals surface area contributed by atoms with Crippen LogP contribution in [0.2, 0.25) is 0 Å². The Morgan fingerprint density at radius 2 is 1.88 bits per heavy atom. The zero-order valence-electron chi connectivity index (χ0n) is 24.1. The molecule has 1 unspecified atom stereocenters. The molecule has 2 aromatic carbocycles.